The van der Waals surface area contributed by atoms with Crippen LogP contribution < -0.4 is 16.4 Å². The maximum absolute atomic E-state index is 11.1. The average Bonchev–Trinajstić information content (AvgIpc) is 2.15. The number of carbonyl (C=O) groups is 2. The van der Waals surface area contributed by atoms with Crippen LogP contribution in [0.25, 0.3) is 0 Å². The van der Waals surface area contributed by atoms with Crippen LogP contribution in [0.3, 0.4) is 0 Å². The number of nitrogens with one attached hydrogen (secondary N) is 2. The third-order valence-corrected chi connectivity index (χ3v) is 1.71. The highest BCUT2D eigenvalue weighted by molar-refractivity contribution is 5.82. The molecular formula is C8H17N3O2. The van der Waals surface area contributed by atoms with Gasteiger partial charge < -0.3 is 16.4 Å². The first kappa shape index (κ1) is 11.9. The Balaban J connectivity index is 3.53. The third kappa shape index (κ3) is 5.19. The molecule has 0 spiro atoms. The first-order valence-corrected chi connectivity index (χ1v) is 4.35. The number of hydrogen-bond acceptors (Lipinski definition) is 3. The highest BCUT2D eigenvalue weighted by atomic mass is 16.2. The molecule has 0 saturated heterocycles. The average molecular weight is 187 g/mol. The predicted molar refractivity (Wildman–Crippen MR) is 50.0 cm³/mol. The zero-order valence-electron chi connectivity index (χ0n) is 8.09. The molecule has 0 aliphatic carbocycles. The summed E-state index contributed by atoms with van der Waals surface area (Å²) in [6, 6.07) is -0.468. The van der Waals surface area contributed by atoms with Crippen molar-refractivity contribution in [2.45, 2.75) is 25.8 Å². The lowest BCUT2D eigenvalue weighted by Gasteiger charge is -2.08. The third-order valence-electron chi connectivity index (χ3n) is 1.71. The molecule has 5 heteroatoms. The molecule has 0 rings (SSSR count). The molecule has 76 valence electrons. The van der Waals surface area contributed by atoms with Gasteiger partial charge in [-0.1, -0.05) is 6.92 Å². The summed E-state index contributed by atoms with van der Waals surface area (Å²) in [5.41, 5.74) is 5.45. The van der Waals surface area contributed by atoms with Crippen LogP contribution in [0.2, 0.25) is 0 Å². The molecule has 0 aromatic heterocycles. The standard InChI is InChI=1S/C8H17N3O2/c1-3-6(9)8(13)11-5-4-7(12)10-2/h6H,3-5,9H2,1-2H3,(H,10,12)(H,11,13)/t6-/m0/s1. The van der Waals surface area contributed by atoms with E-state index in [9.17, 15) is 9.59 Å². The highest BCUT2D eigenvalue weighted by Gasteiger charge is 2.09. The lowest BCUT2D eigenvalue weighted by Crippen LogP contribution is -2.41. The van der Waals surface area contributed by atoms with Gasteiger partial charge in [-0.15, -0.1) is 0 Å². The van der Waals surface area contributed by atoms with Crippen LogP contribution in [0.1, 0.15) is 19.8 Å². The van der Waals surface area contributed by atoms with Crippen molar-refractivity contribution in [3.8, 4) is 0 Å². The molecule has 0 radical (unpaired) electrons. The van der Waals surface area contributed by atoms with Gasteiger partial charge in [0.1, 0.15) is 0 Å². The maximum Gasteiger partial charge on any atom is 0.236 e. The van der Waals surface area contributed by atoms with Crippen molar-refractivity contribution in [2.75, 3.05) is 13.6 Å². The van der Waals surface area contributed by atoms with Crippen LogP contribution in [0.5, 0.6) is 0 Å². The molecule has 0 fully saturated rings. The van der Waals surface area contributed by atoms with E-state index in [0.717, 1.165) is 0 Å². The number of carbonyl (C=O) groups excluding carboxylic acids is 2. The molecule has 5 nitrogen and oxygen atoms in total. The van der Waals surface area contributed by atoms with Crippen molar-refractivity contribution < 1.29 is 9.59 Å². The van der Waals surface area contributed by atoms with Gasteiger partial charge in [-0.3, -0.25) is 9.59 Å². The first-order chi connectivity index (χ1) is 6.11. The quantitative estimate of drug-likeness (QED) is 0.515. The monoisotopic (exact) mass is 187 g/mol. The van der Waals surface area contributed by atoms with E-state index in [0.29, 0.717) is 19.4 Å². The summed E-state index contributed by atoms with van der Waals surface area (Å²) in [6.45, 7) is 2.18. The molecule has 0 aliphatic rings. The lowest BCUT2D eigenvalue weighted by molar-refractivity contribution is -0.123. The largest absolute Gasteiger partial charge is 0.359 e. The SMILES string of the molecule is CC[C@H](N)C(=O)NCCC(=O)NC. The minimum atomic E-state index is -0.468. The van der Waals surface area contributed by atoms with Gasteiger partial charge in [-0.2, -0.15) is 0 Å². The highest BCUT2D eigenvalue weighted by Crippen LogP contribution is 1.85. The van der Waals surface area contributed by atoms with E-state index >= 15 is 0 Å². The molecule has 1 atom stereocenters. The van der Waals surface area contributed by atoms with Gasteiger partial charge in [-0.05, 0) is 6.42 Å². The van der Waals surface area contributed by atoms with Gasteiger partial charge in [0.15, 0.2) is 0 Å². The molecule has 0 saturated carbocycles. The van der Waals surface area contributed by atoms with Gasteiger partial charge in [0.2, 0.25) is 11.8 Å². The van der Waals surface area contributed by atoms with Crippen LogP contribution >= 0.6 is 0 Å². The fourth-order valence-corrected chi connectivity index (χ4v) is 0.741. The Labute approximate surface area is 78.1 Å². The van der Waals surface area contributed by atoms with Crippen molar-refractivity contribution in [3.63, 3.8) is 0 Å². The second-order valence-corrected chi connectivity index (χ2v) is 2.73. The molecule has 13 heavy (non-hydrogen) atoms. The van der Waals surface area contributed by atoms with E-state index < -0.39 is 6.04 Å². The summed E-state index contributed by atoms with van der Waals surface area (Å²) in [5.74, 6) is -0.295. The predicted octanol–water partition coefficient (Wildman–Crippen LogP) is -1.02. The summed E-state index contributed by atoms with van der Waals surface area (Å²) >= 11 is 0. The first-order valence-electron chi connectivity index (χ1n) is 4.35. The molecule has 0 aromatic rings. The molecular weight excluding hydrogens is 170 g/mol. The van der Waals surface area contributed by atoms with E-state index in [4.69, 9.17) is 5.73 Å². The maximum atomic E-state index is 11.1. The second-order valence-electron chi connectivity index (χ2n) is 2.73. The molecule has 2 amide bonds. The summed E-state index contributed by atoms with van der Waals surface area (Å²) < 4.78 is 0. The van der Waals surface area contributed by atoms with Crippen LogP contribution in [0, 0.1) is 0 Å². The topological polar surface area (TPSA) is 84.2 Å². The Morgan fingerprint density at radius 2 is 2.08 bits per heavy atom. The van der Waals surface area contributed by atoms with Crippen molar-refractivity contribution in [1.29, 1.82) is 0 Å². The van der Waals surface area contributed by atoms with E-state index in [1.54, 1.807) is 7.05 Å². The van der Waals surface area contributed by atoms with Crippen molar-refractivity contribution in [3.05, 3.63) is 0 Å². The smallest absolute Gasteiger partial charge is 0.236 e. The molecule has 0 aromatic carbocycles. The molecule has 0 bridgehead atoms. The zero-order chi connectivity index (χ0) is 10.3. The zero-order valence-corrected chi connectivity index (χ0v) is 8.09. The summed E-state index contributed by atoms with van der Waals surface area (Å²) in [4.78, 5) is 21.8. The van der Waals surface area contributed by atoms with Crippen LogP contribution in [-0.2, 0) is 9.59 Å². The van der Waals surface area contributed by atoms with Gasteiger partial charge in [0, 0.05) is 20.0 Å². The van der Waals surface area contributed by atoms with Crippen LogP contribution in [-0.4, -0.2) is 31.4 Å². The molecule has 0 aliphatic heterocycles. The number of hydrogen-bond donors (Lipinski definition) is 3. The Hall–Kier alpha value is -1.10. The van der Waals surface area contributed by atoms with Gasteiger partial charge in [0.05, 0.1) is 6.04 Å². The second kappa shape index (κ2) is 6.42. The molecule has 0 unspecified atom stereocenters. The van der Waals surface area contributed by atoms with Crippen molar-refractivity contribution in [1.82, 2.24) is 10.6 Å². The Morgan fingerprint density at radius 1 is 1.46 bits per heavy atom. The molecule has 0 heterocycles. The summed E-state index contributed by atoms with van der Waals surface area (Å²) in [7, 11) is 1.56. The Kier molecular flexibility index (Phi) is 5.88. The fourth-order valence-electron chi connectivity index (χ4n) is 0.741. The van der Waals surface area contributed by atoms with Gasteiger partial charge >= 0.3 is 0 Å². The van der Waals surface area contributed by atoms with Crippen LogP contribution in [0.4, 0.5) is 0 Å². The molecule has 4 N–H and O–H groups in total. The van der Waals surface area contributed by atoms with E-state index in [2.05, 4.69) is 10.6 Å². The minimum Gasteiger partial charge on any atom is -0.359 e. The number of amides is 2. The Morgan fingerprint density at radius 3 is 2.54 bits per heavy atom. The normalized spacial score (nSPS) is 11.9. The van der Waals surface area contributed by atoms with E-state index in [1.807, 2.05) is 6.92 Å². The fraction of sp³-hybridized carbons (Fsp3) is 0.750. The summed E-state index contributed by atoms with van der Waals surface area (Å²) in [5, 5.41) is 5.03. The summed E-state index contributed by atoms with van der Waals surface area (Å²) in [6.07, 6.45) is 0.893. The van der Waals surface area contributed by atoms with Gasteiger partial charge in [-0.25, -0.2) is 0 Å². The van der Waals surface area contributed by atoms with E-state index in [-0.39, 0.29) is 11.8 Å². The van der Waals surface area contributed by atoms with Crippen molar-refractivity contribution in [2.24, 2.45) is 5.73 Å². The van der Waals surface area contributed by atoms with Gasteiger partial charge in [0.25, 0.3) is 0 Å². The number of nitrogens with two attached hydrogens (primary N) is 1. The Bertz CT molecular complexity index is 182. The van der Waals surface area contributed by atoms with E-state index in [1.165, 1.54) is 0 Å². The van der Waals surface area contributed by atoms with Crippen molar-refractivity contribution >= 4 is 11.8 Å². The minimum absolute atomic E-state index is 0.0923. The number of rotatable bonds is 5. The lowest BCUT2D eigenvalue weighted by atomic mass is 10.2. The van der Waals surface area contributed by atoms with Crippen LogP contribution in [0.15, 0.2) is 0 Å².